The summed E-state index contributed by atoms with van der Waals surface area (Å²) in [5, 5.41) is 15.4. The summed E-state index contributed by atoms with van der Waals surface area (Å²) >= 11 is 0. The Morgan fingerprint density at radius 1 is 1.50 bits per heavy atom. The first-order valence-electron chi connectivity index (χ1n) is 5.53. The van der Waals surface area contributed by atoms with E-state index in [1.807, 2.05) is 25.1 Å². The molecule has 0 aromatic heterocycles. The van der Waals surface area contributed by atoms with Gasteiger partial charge in [0, 0.05) is 6.04 Å². The Morgan fingerprint density at radius 2 is 2.25 bits per heavy atom. The minimum absolute atomic E-state index is 0.0285. The highest BCUT2D eigenvalue weighted by molar-refractivity contribution is 5.82. The summed E-state index contributed by atoms with van der Waals surface area (Å²) in [7, 11) is 0. The van der Waals surface area contributed by atoms with E-state index in [9.17, 15) is 0 Å². The van der Waals surface area contributed by atoms with Gasteiger partial charge in [-0.25, -0.2) is 0 Å². The van der Waals surface area contributed by atoms with Crippen molar-refractivity contribution in [2.45, 2.75) is 19.0 Å². The lowest BCUT2D eigenvalue weighted by molar-refractivity contribution is 0.263. The Hall–Kier alpha value is -1.55. The van der Waals surface area contributed by atoms with Gasteiger partial charge < -0.3 is 15.7 Å². The van der Waals surface area contributed by atoms with Gasteiger partial charge in [-0.3, -0.25) is 4.99 Å². The first-order valence-corrected chi connectivity index (χ1v) is 5.53. The molecule has 2 atom stereocenters. The van der Waals surface area contributed by atoms with Crippen molar-refractivity contribution in [3.63, 3.8) is 0 Å². The predicted molar refractivity (Wildman–Crippen MR) is 64.3 cm³/mol. The molecule has 0 amide bonds. The van der Waals surface area contributed by atoms with Crippen molar-refractivity contribution in [3.8, 4) is 0 Å². The lowest BCUT2D eigenvalue weighted by atomic mass is 10.1. The van der Waals surface area contributed by atoms with Crippen molar-refractivity contribution in [3.05, 3.63) is 35.9 Å². The van der Waals surface area contributed by atoms with Gasteiger partial charge in [-0.2, -0.15) is 0 Å². The number of rotatable bonds is 3. The number of benzene rings is 1. The van der Waals surface area contributed by atoms with Crippen LogP contribution < -0.4 is 10.6 Å². The molecule has 0 fully saturated rings. The Kier molecular flexibility index (Phi) is 3.41. The molecule has 1 aromatic carbocycles. The molecule has 0 bridgehead atoms. The Morgan fingerprint density at radius 3 is 2.94 bits per heavy atom. The van der Waals surface area contributed by atoms with Crippen LogP contribution in [0.3, 0.4) is 0 Å². The van der Waals surface area contributed by atoms with E-state index in [0.717, 1.165) is 12.5 Å². The van der Waals surface area contributed by atoms with Crippen LogP contribution in [-0.2, 0) is 0 Å². The van der Waals surface area contributed by atoms with Gasteiger partial charge in [-0.05, 0) is 12.5 Å². The Bertz CT molecular complexity index is 364. The molecule has 86 valence electrons. The number of nitrogens with zero attached hydrogens (tertiary/aromatic N) is 1. The van der Waals surface area contributed by atoms with Gasteiger partial charge in [0.2, 0.25) is 0 Å². The summed E-state index contributed by atoms with van der Waals surface area (Å²) in [6.45, 7) is 2.77. The number of aliphatic hydroxyl groups excluding tert-OH is 1. The SMILES string of the molecule is CC(CO)NC1=NCC(c2ccccc2)N1. The first kappa shape index (κ1) is 11.0. The second kappa shape index (κ2) is 4.99. The van der Waals surface area contributed by atoms with Crippen LogP contribution in [0.5, 0.6) is 0 Å². The second-order valence-electron chi connectivity index (χ2n) is 4.02. The van der Waals surface area contributed by atoms with Crippen LogP contribution in [0.2, 0.25) is 0 Å². The van der Waals surface area contributed by atoms with E-state index in [4.69, 9.17) is 5.11 Å². The normalized spacial score (nSPS) is 21.1. The zero-order valence-corrected chi connectivity index (χ0v) is 9.35. The molecule has 2 unspecified atom stereocenters. The molecule has 0 radical (unpaired) electrons. The quantitative estimate of drug-likeness (QED) is 0.700. The lowest BCUT2D eigenvalue weighted by Crippen LogP contribution is -2.42. The molecule has 16 heavy (non-hydrogen) atoms. The average molecular weight is 219 g/mol. The van der Waals surface area contributed by atoms with Gasteiger partial charge in [0.05, 0.1) is 19.2 Å². The summed E-state index contributed by atoms with van der Waals surface area (Å²) < 4.78 is 0. The number of hydrogen-bond acceptors (Lipinski definition) is 4. The highest BCUT2D eigenvalue weighted by Crippen LogP contribution is 2.15. The van der Waals surface area contributed by atoms with Crippen LogP contribution in [0.1, 0.15) is 18.5 Å². The van der Waals surface area contributed by atoms with Gasteiger partial charge in [-0.1, -0.05) is 30.3 Å². The van der Waals surface area contributed by atoms with E-state index in [1.54, 1.807) is 0 Å². The number of hydrogen-bond donors (Lipinski definition) is 3. The van der Waals surface area contributed by atoms with Gasteiger partial charge >= 0.3 is 0 Å². The third-order valence-corrected chi connectivity index (χ3v) is 2.60. The molecule has 2 rings (SSSR count). The predicted octanol–water partition coefficient (Wildman–Crippen LogP) is 0.657. The van der Waals surface area contributed by atoms with Crippen LogP contribution >= 0.6 is 0 Å². The first-order chi connectivity index (χ1) is 7.79. The summed E-state index contributed by atoms with van der Waals surface area (Å²) in [5.74, 6) is 0.774. The van der Waals surface area contributed by atoms with E-state index in [-0.39, 0.29) is 18.7 Å². The van der Waals surface area contributed by atoms with Gasteiger partial charge in [0.1, 0.15) is 0 Å². The van der Waals surface area contributed by atoms with Gasteiger partial charge in [0.15, 0.2) is 5.96 Å². The average Bonchev–Trinajstić information content (AvgIpc) is 2.78. The van der Waals surface area contributed by atoms with Gasteiger partial charge in [0.25, 0.3) is 0 Å². The van der Waals surface area contributed by atoms with Crippen molar-refractivity contribution in [1.82, 2.24) is 10.6 Å². The third-order valence-electron chi connectivity index (χ3n) is 2.60. The summed E-state index contributed by atoms with van der Waals surface area (Å²) in [6, 6.07) is 10.5. The minimum Gasteiger partial charge on any atom is -0.394 e. The Labute approximate surface area is 95.4 Å². The van der Waals surface area contributed by atoms with E-state index in [0.29, 0.717) is 0 Å². The van der Waals surface area contributed by atoms with E-state index < -0.39 is 0 Å². The number of guanidine groups is 1. The molecule has 0 aliphatic carbocycles. The molecule has 1 aromatic rings. The zero-order valence-electron chi connectivity index (χ0n) is 9.35. The van der Waals surface area contributed by atoms with E-state index in [2.05, 4.69) is 27.8 Å². The van der Waals surface area contributed by atoms with Crippen molar-refractivity contribution >= 4 is 5.96 Å². The monoisotopic (exact) mass is 219 g/mol. The highest BCUT2D eigenvalue weighted by atomic mass is 16.3. The molecule has 0 saturated carbocycles. The van der Waals surface area contributed by atoms with Gasteiger partial charge in [-0.15, -0.1) is 0 Å². The van der Waals surface area contributed by atoms with Crippen molar-refractivity contribution in [2.24, 2.45) is 4.99 Å². The number of nitrogens with one attached hydrogen (secondary N) is 2. The molecule has 4 nitrogen and oxygen atoms in total. The number of aliphatic imine (C=N–C) groups is 1. The maximum Gasteiger partial charge on any atom is 0.192 e. The molecule has 0 spiro atoms. The fraction of sp³-hybridized carbons (Fsp3) is 0.417. The van der Waals surface area contributed by atoms with Crippen LogP contribution in [0, 0.1) is 0 Å². The Balaban J connectivity index is 1.92. The third kappa shape index (κ3) is 2.52. The fourth-order valence-corrected chi connectivity index (χ4v) is 1.68. The lowest BCUT2D eigenvalue weighted by Gasteiger charge is -2.15. The van der Waals surface area contributed by atoms with Crippen LogP contribution in [0.4, 0.5) is 0 Å². The topological polar surface area (TPSA) is 56.6 Å². The summed E-state index contributed by atoms with van der Waals surface area (Å²) in [5.41, 5.74) is 1.24. The second-order valence-corrected chi connectivity index (χ2v) is 4.02. The molecular formula is C12H17N3O. The van der Waals surface area contributed by atoms with Crippen LogP contribution in [-0.4, -0.2) is 30.3 Å². The number of aliphatic hydroxyl groups is 1. The van der Waals surface area contributed by atoms with E-state index in [1.165, 1.54) is 5.56 Å². The molecule has 4 heteroatoms. The van der Waals surface area contributed by atoms with Crippen LogP contribution in [0.25, 0.3) is 0 Å². The van der Waals surface area contributed by atoms with E-state index >= 15 is 0 Å². The molecule has 3 N–H and O–H groups in total. The summed E-state index contributed by atoms with van der Waals surface area (Å²) in [4.78, 5) is 4.36. The molecule has 1 aliphatic rings. The van der Waals surface area contributed by atoms with Crippen LogP contribution in [0.15, 0.2) is 35.3 Å². The maximum absolute atomic E-state index is 8.93. The largest absolute Gasteiger partial charge is 0.394 e. The van der Waals surface area contributed by atoms with Crippen molar-refractivity contribution in [1.29, 1.82) is 0 Å². The highest BCUT2D eigenvalue weighted by Gasteiger charge is 2.19. The standard InChI is InChI=1S/C12H17N3O/c1-9(8-16)14-12-13-7-11(15-12)10-5-3-2-4-6-10/h2-6,9,11,16H,7-8H2,1H3,(H2,13,14,15). The summed E-state index contributed by atoms with van der Waals surface area (Å²) in [6.07, 6.45) is 0. The minimum atomic E-state index is 0.0285. The van der Waals surface area contributed by atoms with Crippen molar-refractivity contribution < 1.29 is 5.11 Å². The van der Waals surface area contributed by atoms with Crippen molar-refractivity contribution in [2.75, 3.05) is 13.2 Å². The molecule has 1 heterocycles. The smallest absolute Gasteiger partial charge is 0.192 e. The zero-order chi connectivity index (χ0) is 11.4. The molecule has 1 aliphatic heterocycles. The fourth-order valence-electron chi connectivity index (χ4n) is 1.68. The molecular weight excluding hydrogens is 202 g/mol. The molecule has 0 saturated heterocycles. The maximum atomic E-state index is 8.93.